The second-order valence-electron chi connectivity index (χ2n) is 5.31. The number of fused-ring (bicyclic) bond motifs is 1. The molecule has 110 valence electrons. The van der Waals surface area contributed by atoms with E-state index in [2.05, 4.69) is 34.0 Å². The van der Waals surface area contributed by atoms with Gasteiger partial charge in [0.15, 0.2) is 0 Å². The van der Waals surface area contributed by atoms with Gasteiger partial charge in [0.25, 0.3) is 5.56 Å². The molecule has 1 fully saturated rings. The van der Waals surface area contributed by atoms with Gasteiger partial charge in [-0.25, -0.2) is 4.98 Å². The van der Waals surface area contributed by atoms with Crippen LogP contribution in [-0.4, -0.2) is 40.0 Å². The molecule has 0 amide bonds. The summed E-state index contributed by atoms with van der Waals surface area (Å²) < 4.78 is 0.714. The summed E-state index contributed by atoms with van der Waals surface area (Å²) in [6, 6.07) is 2.85. The van der Waals surface area contributed by atoms with E-state index in [-0.39, 0.29) is 18.0 Å². The zero-order valence-corrected chi connectivity index (χ0v) is 13.2. The third-order valence-corrected chi connectivity index (χ3v) is 4.27. The lowest BCUT2D eigenvalue weighted by Gasteiger charge is -2.35. The topological polar surface area (TPSA) is 61.0 Å². The van der Waals surface area contributed by atoms with E-state index in [0.29, 0.717) is 23.3 Å². The highest BCUT2D eigenvalue weighted by Gasteiger charge is 2.21. The molecule has 1 aliphatic rings. The molecule has 0 aromatic carbocycles. The summed E-state index contributed by atoms with van der Waals surface area (Å²) in [5.41, 5.74) is 0.784. The molecular weight excluding hydrogens is 296 g/mol. The third-order valence-electron chi connectivity index (χ3n) is 3.37. The van der Waals surface area contributed by atoms with Gasteiger partial charge < -0.3 is 10.3 Å². The molecule has 0 saturated carbocycles. The van der Waals surface area contributed by atoms with Crippen LogP contribution < -0.4 is 10.9 Å². The van der Waals surface area contributed by atoms with Crippen LogP contribution in [0.5, 0.6) is 0 Å². The van der Waals surface area contributed by atoms with Gasteiger partial charge in [-0.05, 0) is 25.3 Å². The molecule has 0 aliphatic carbocycles. The monoisotopic (exact) mass is 314 g/mol. The largest absolute Gasteiger partial charge is 0.309 e. The van der Waals surface area contributed by atoms with Gasteiger partial charge in [0.2, 0.25) is 0 Å². The Bertz CT molecular complexity index is 631. The second-order valence-corrected chi connectivity index (χ2v) is 6.23. The Balaban J connectivity index is 0.00000147. The number of hydrogen-bond donors (Lipinski definition) is 2. The summed E-state index contributed by atoms with van der Waals surface area (Å²) in [7, 11) is 0. The van der Waals surface area contributed by atoms with E-state index >= 15 is 0 Å². The minimum absolute atomic E-state index is 0. The Kier molecular flexibility index (Phi) is 4.80. The fourth-order valence-corrected chi connectivity index (χ4v) is 3.50. The van der Waals surface area contributed by atoms with Crippen molar-refractivity contribution in [2.75, 3.05) is 13.1 Å². The van der Waals surface area contributed by atoms with Gasteiger partial charge in [0.05, 0.1) is 12.1 Å². The number of nitrogens with one attached hydrogen (secondary N) is 2. The molecule has 1 saturated heterocycles. The lowest BCUT2D eigenvalue weighted by atomic mass is 10.1. The number of hydrogen-bond acceptors (Lipinski definition) is 5. The first kappa shape index (κ1) is 15.4. The maximum atomic E-state index is 11.9. The van der Waals surface area contributed by atoms with Crippen LogP contribution in [0.25, 0.3) is 10.2 Å². The van der Waals surface area contributed by atoms with E-state index in [9.17, 15) is 4.79 Å². The number of thiophene rings is 1. The van der Waals surface area contributed by atoms with E-state index in [0.717, 1.165) is 24.4 Å². The second kappa shape index (κ2) is 6.22. The first-order valence-corrected chi connectivity index (χ1v) is 7.44. The molecule has 3 rings (SSSR count). The van der Waals surface area contributed by atoms with Crippen LogP contribution in [0, 0.1) is 0 Å². The van der Waals surface area contributed by atoms with Crippen molar-refractivity contribution in [1.29, 1.82) is 0 Å². The Labute approximate surface area is 127 Å². The summed E-state index contributed by atoms with van der Waals surface area (Å²) in [6.07, 6.45) is 0. The summed E-state index contributed by atoms with van der Waals surface area (Å²) in [5, 5.41) is 5.41. The quantitative estimate of drug-likeness (QED) is 0.884. The number of rotatable bonds is 2. The lowest BCUT2D eigenvalue weighted by molar-refractivity contribution is 0.163. The van der Waals surface area contributed by atoms with Gasteiger partial charge in [0, 0.05) is 25.2 Å². The molecule has 2 aromatic rings. The molecule has 1 aliphatic heterocycles. The highest BCUT2D eigenvalue weighted by molar-refractivity contribution is 7.17. The van der Waals surface area contributed by atoms with Gasteiger partial charge in [0.1, 0.15) is 10.5 Å². The standard InChI is InChI=1S/C13H18N4OS.ClH/c1-8-5-17(6-9(2)14-8)7-11-15-10-3-4-19-12(10)13(18)16-11;/h3-4,8-9,14H,5-7H2,1-2H3,(H,15,16,18);1H. The summed E-state index contributed by atoms with van der Waals surface area (Å²) in [6.45, 7) is 7.03. The van der Waals surface area contributed by atoms with Crippen molar-refractivity contribution < 1.29 is 0 Å². The Hall–Kier alpha value is -0.950. The number of aromatic nitrogens is 2. The molecule has 0 bridgehead atoms. The number of nitrogens with zero attached hydrogens (tertiary/aromatic N) is 2. The number of aromatic amines is 1. The van der Waals surface area contributed by atoms with Crippen LogP contribution in [0.15, 0.2) is 16.2 Å². The normalized spacial score (nSPS) is 23.7. The smallest absolute Gasteiger partial charge is 0.268 e. The van der Waals surface area contributed by atoms with Gasteiger partial charge in [-0.15, -0.1) is 23.7 Å². The first-order chi connectivity index (χ1) is 9.11. The fourth-order valence-electron chi connectivity index (χ4n) is 2.78. The highest BCUT2D eigenvalue weighted by atomic mass is 35.5. The van der Waals surface area contributed by atoms with Crippen molar-refractivity contribution in [2.45, 2.75) is 32.5 Å². The van der Waals surface area contributed by atoms with E-state index in [1.54, 1.807) is 0 Å². The van der Waals surface area contributed by atoms with Crippen molar-refractivity contribution in [1.82, 2.24) is 20.2 Å². The van der Waals surface area contributed by atoms with Crippen molar-refractivity contribution in [3.8, 4) is 0 Å². The van der Waals surface area contributed by atoms with E-state index in [1.807, 2.05) is 11.4 Å². The zero-order chi connectivity index (χ0) is 13.4. The summed E-state index contributed by atoms with van der Waals surface area (Å²) in [4.78, 5) is 21.7. The lowest BCUT2D eigenvalue weighted by Crippen LogP contribution is -2.53. The zero-order valence-electron chi connectivity index (χ0n) is 11.5. The van der Waals surface area contributed by atoms with Crippen LogP contribution in [0.3, 0.4) is 0 Å². The first-order valence-electron chi connectivity index (χ1n) is 6.56. The molecule has 2 unspecified atom stereocenters. The van der Waals surface area contributed by atoms with E-state index in [1.165, 1.54) is 11.3 Å². The maximum absolute atomic E-state index is 11.9. The van der Waals surface area contributed by atoms with Crippen molar-refractivity contribution >= 4 is 34.0 Å². The van der Waals surface area contributed by atoms with E-state index in [4.69, 9.17) is 0 Å². The summed E-state index contributed by atoms with van der Waals surface area (Å²) in [5.74, 6) is 0.761. The van der Waals surface area contributed by atoms with Crippen LogP contribution in [0.1, 0.15) is 19.7 Å². The molecule has 2 aromatic heterocycles. The number of piperazine rings is 1. The van der Waals surface area contributed by atoms with Crippen molar-refractivity contribution in [3.05, 3.63) is 27.6 Å². The van der Waals surface area contributed by atoms with Crippen LogP contribution in [0.2, 0.25) is 0 Å². The average molecular weight is 315 g/mol. The Morgan fingerprint density at radius 3 is 2.80 bits per heavy atom. The van der Waals surface area contributed by atoms with E-state index < -0.39 is 0 Å². The SMILES string of the molecule is CC1CN(Cc2nc3ccsc3c(=O)[nH]2)CC(C)N1.Cl. The predicted molar refractivity (Wildman–Crippen MR) is 84.8 cm³/mol. The molecule has 2 N–H and O–H groups in total. The fraction of sp³-hybridized carbons (Fsp3) is 0.538. The number of H-pyrrole nitrogens is 1. The van der Waals surface area contributed by atoms with Gasteiger partial charge in [-0.1, -0.05) is 0 Å². The molecule has 3 heterocycles. The molecule has 2 atom stereocenters. The molecule has 0 spiro atoms. The van der Waals surface area contributed by atoms with Gasteiger partial charge in [-0.3, -0.25) is 9.69 Å². The molecular formula is C13H19ClN4OS. The van der Waals surface area contributed by atoms with Crippen LogP contribution >= 0.6 is 23.7 Å². The third kappa shape index (κ3) is 3.20. The average Bonchev–Trinajstić information content (AvgIpc) is 2.75. The van der Waals surface area contributed by atoms with Crippen molar-refractivity contribution in [3.63, 3.8) is 0 Å². The number of halogens is 1. The Morgan fingerprint density at radius 1 is 1.40 bits per heavy atom. The van der Waals surface area contributed by atoms with Crippen LogP contribution in [0.4, 0.5) is 0 Å². The summed E-state index contributed by atoms with van der Waals surface area (Å²) >= 11 is 1.44. The predicted octanol–water partition coefficient (Wildman–Crippen LogP) is 1.59. The molecule has 7 heteroatoms. The van der Waals surface area contributed by atoms with Crippen LogP contribution in [-0.2, 0) is 6.54 Å². The minimum atomic E-state index is -0.0220. The molecule has 20 heavy (non-hydrogen) atoms. The highest BCUT2D eigenvalue weighted by Crippen LogP contribution is 2.14. The Morgan fingerprint density at radius 2 is 2.10 bits per heavy atom. The molecule has 5 nitrogen and oxygen atoms in total. The van der Waals surface area contributed by atoms with Crippen molar-refractivity contribution in [2.24, 2.45) is 0 Å². The maximum Gasteiger partial charge on any atom is 0.268 e. The minimum Gasteiger partial charge on any atom is -0.309 e. The van der Waals surface area contributed by atoms with Gasteiger partial charge >= 0.3 is 0 Å². The molecule has 0 radical (unpaired) electrons. The van der Waals surface area contributed by atoms with Gasteiger partial charge in [-0.2, -0.15) is 0 Å².